The third kappa shape index (κ3) is 3.33. The Morgan fingerprint density at radius 3 is 2.19 bits per heavy atom. The number of nitrogens with two attached hydrogens (primary N) is 1. The molecule has 1 aromatic heterocycles. The molecule has 0 saturated heterocycles. The normalized spacial score (nSPS) is 12.3. The first-order valence-electron chi connectivity index (χ1n) is 7.13. The first kappa shape index (κ1) is 18.1. The summed E-state index contributed by atoms with van der Waals surface area (Å²) in [6.45, 7) is 0. The molecule has 3 N–H and O–H groups in total. The first-order chi connectivity index (χ1) is 12.1. The van der Waals surface area contributed by atoms with E-state index in [0.717, 1.165) is 24.3 Å². The summed E-state index contributed by atoms with van der Waals surface area (Å²) in [6, 6.07) is 9.59. The summed E-state index contributed by atoms with van der Waals surface area (Å²) >= 11 is 0. The van der Waals surface area contributed by atoms with Gasteiger partial charge in [-0.1, -0.05) is 30.3 Å². The standard InChI is InChI=1S/C16H11F4N3O2S/c17-10-7-5-9(6-8-10)13-14(22-23-15(13)16(18,19)20)11-3-1-2-4-12(11)26(21,24)25/h1-8H,(H,22,23)(H2,21,24,25). The summed E-state index contributed by atoms with van der Waals surface area (Å²) in [6.07, 6.45) is -4.79. The van der Waals surface area contributed by atoms with Gasteiger partial charge in [-0.25, -0.2) is 17.9 Å². The Hall–Kier alpha value is -2.72. The number of rotatable bonds is 3. The number of aromatic nitrogens is 2. The van der Waals surface area contributed by atoms with Crippen LogP contribution in [0.2, 0.25) is 0 Å². The number of nitrogens with zero attached hydrogens (tertiary/aromatic N) is 1. The summed E-state index contributed by atoms with van der Waals surface area (Å²) in [5, 5.41) is 10.7. The minimum absolute atomic E-state index is 0.0201. The van der Waals surface area contributed by atoms with Gasteiger partial charge in [0.25, 0.3) is 0 Å². The van der Waals surface area contributed by atoms with Crippen molar-refractivity contribution in [1.29, 1.82) is 0 Å². The van der Waals surface area contributed by atoms with Gasteiger partial charge in [0, 0.05) is 11.1 Å². The molecule has 0 amide bonds. The van der Waals surface area contributed by atoms with Crippen molar-refractivity contribution in [3.05, 3.63) is 60.0 Å². The molecule has 0 radical (unpaired) electrons. The maximum absolute atomic E-state index is 13.4. The van der Waals surface area contributed by atoms with Crippen molar-refractivity contribution < 1.29 is 26.0 Å². The smallest absolute Gasteiger partial charge is 0.272 e. The van der Waals surface area contributed by atoms with Crippen LogP contribution < -0.4 is 5.14 Å². The number of benzene rings is 2. The number of halogens is 4. The molecule has 0 bridgehead atoms. The van der Waals surface area contributed by atoms with Crippen LogP contribution in [0.4, 0.5) is 17.6 Å². The number of alkyl halides is 3. The van der Waals surface area contributed by atoms with Crippen LogP contribution in [-0.4, -0.2) is 18.6 Å². The fourth-order valence-electron chi connectivity index (χ4n) is 2.55. The van der Waals surface area contributed by atoms with Crippen LogP contribution >= 0.6 is 0 Å². The molecule has 0 atom stereocenters. The Bertz CT molecular complexity index is 1060. The van der Waals surface area contributed by atoms with E-state index in [1.54, 1.807) is 0 Å². The van der Waals surface area contributed by atoms with Gasteiger partial charge in [-0.3, -0.25) is 5.10 Å². The summed E-state index contributed by atoms with van der Waals surface area (Å²) < 4.78 is 76.9. The van der Waals surface area contributed by atoms with Crippen molar-refractivity contribution in [2.75, 3.05) is 0 Å². The lowest BCUT2D eigenvalue weighted by molar-refractivity contribution is -0.140. The maximum Gasteiger partial charge on any atom is 0.433 e. The Balaban J connectivity index is 2.35. The van der Waals surface area contributed by atoms with Crippen molar-refractivity contribution in [1.82, 2.24) is 10.2 Å². The molecular formula is C16H11F4N3O2S. The van der Waals surface area contributed by atoms with Gasteiger partial charge in [0.1, 0.15) is 17.2 Å². The predicted molar refractivity (Wildman–Crippen MR) is 85.8 cm³/mol. The Labute approximate surface area is 145 Å². The molecular weight excluding hydrogens is 374 g/mol. The minimum Gasteiger partial charge on any atom is -0.272 e. The molecule has 3 rings (SSSR count). The number of nitrogens with one attached hydrogen (secondary N) is 1. The lowest BCUT2D eigenvalue weighted by Crippen LogP contribution is -2.13. The molecule has 1 heterocycles. The zero-order valence-electron chi connectivity index (χ0n) is 12.9. The Morgan fingerprint density at radius 1 is 1.00 bits per heavy atom. The largest absolute Gasteiger partial charge is 0.433 e. The highest BCUT2D eigenvalue weighted by atomic mass is 32.2. The number of hydrogen-bond acceptors (Lipinski definition) is 3. The van der Waals surface area contributed by atoms with Gasteiger partial charge in [0.15, 0.2) is 0 Å². The average molecular weight is 385 g/mol. The number of H-pyrrole nitrogens is 1. The van der Waals surface area contributed by atoms with Crippen molar-refractivity contribution in [3.8, 4) is 22.4 Å². The quantitative estimate of drug-likeness (QED) is 0.676. The van der Waals surface area contributed by atoms with Gasteiger partial charge >= 0.3 is 6.18 Å². The SMILES string of the molecule is NS(=O)(=O)c1ccccc1-c1n[nH]c(C(F)(F)F)c1-c1ccc(F)cc1. The second kappa shape index (κ2) is 6.22. The zero-order chi connectivity index (χ0) is 19.1. The van der Waals surface area contributed by atoms with Crippen LogP contribution in [-0.2, 0) is 16.2 Å². The Kier molecular flexibility index (Phi) is 4.32. The fraction of sp³-hybridized carbons (Fsp3) is 0.0625. The van der Waals surface area contributed by atoms with Crippen LogP contribution in [0.5, 0.6) is 0 Å². The van der Waals surface area contributed by atoms with Gasteiger partial charge in [-0.05, 0) is 23.8 Å². The average Bonchev–Trinajstić information content (AvgIpc) is 3.00. The number of hydrogen-bond donors (Lipinski definition) is 2. The zero-order valence-corrected chi connectivity index (χ0v) is 13.7. The molecule has 0 saturated carbocycles. The van der Waals surface area contributed by atoms with E-state index in [0.29, 0.717) is 0 Å². The molecule has 0 aliphatic carbocycles. The Morgan fingerprint density at radius 2 is 1.62 bits per heavy atom. The predicted octanol–water partition coefficient (Wildman–Crippen LogP) is 3.55. The molecule has 10 heteroatoms. The second-order valence-electron chi connectivity index (χ2n) is 5.37. The van der Waals surface area contributed by atoms with Crippen molar-refractivity contribution in [2.45, 2.75) is 11.1 Å². The number of aromatic amines is 1. The highest BCUT2D eigenvalue weighted by Gasteiger charge is 2.38. The summed E-state index contributed by atoms with van der Waals surface area (Å²) in [5.41, 5.74) is -1.90. The van der Waals surface area contributed by atoms with Crippen molar-refractivity contribution in [2.24, 2.45) is 5.14 Å². The van der Waals surface area contributed by atoms with Gasteiger partial charge in [-0.15, -0.1) is 0 Å². The fourth-order valence-corrected chi connectivity index (χ4v) is 3.29. The maximum atomic E-state index is 13.4. The molecule has 136 valence electrons. The van der Waals surface area contributed by atoms with Crippen molar-refractivity contribution >= 4 is 10.0 Å². The summed E-state index contributed by atoms with van der Waals surface area (Å²) in [5.74, 6) is -0.628. The van der Waals surface area contributed by atoms with E-state index in [-0.39, 0.29) is 21.7 Å². The highest BCUT2D eigenvalue weighted by Crippen LogP contribution is 2.42. The lowest BCUT2D eigenvalue weighted by Gasteiger charge is -2.11. The van der Waals surface area contributed by atoms with E-state index in [2.05, 4.69) is 5.10 Å². The van der Waals surface area contributed by atoms with Crippen LogP contribution in [0.3, 0.4) is 0 Å². The molecule has 0 spiro atoms. The number of primary sulfonamides is 1. The first-order valence-corrected chi connectivity index (χ1v) is 8.67. The summed E-state index contributed by atoms with van der Waals surface area (Å²) in [7, 11) is -4.21. The molecule has 2 aromatic carbocycles. The lowest BCUT2D eigenvalue weighted by atomic mass is 9.98. The van der Waals surface area contributed by atoms with Crippen molar-refractivity contribution in [3.63, 3.8) is 0 Å². The van der Waals surface area contributed by atoms with Crippen LogP contribution in [0, 0.1) is 5.82 Å². The molecule has 26 heavy (non-hydrogen) atoms. The third-order valence-corrected chi connectivity index (χ3v) is 4.60. The molecule has 0 unspecified atom stereocenters. The van der Waals surface area contributed by atoms with E-state index < -0.39 is 33.3 Å². The topological polar surface area (TPSA) is 88.8 Å². The van der Waals surface area contributed by atoms with Crippen LogP contribution in [0.25, 0.3) is 22.4 Å². The van der Waals surface area contributed by atoms with E-state index >= 15 is 0 Å². The third-order valence-electron chi connectivity index (χ3n) is 3.63. The van der Waals surface area contributed by atoms with Gasteiger partial charge < -0.3 is 0 Å². The van der Waals surface area contributed by atoms with E-state index in [9.17, 15) is 26.0 Å². The molecule has 0 fully saturated rings. The van der Waals surface area contributed by atoms with Crippen LogP contribution in [0.15, 0.2) is 53.4 Å². The van der Waals surface area contributed by atoms with E-state index in [1.165, 1.54) is 24.3 Å². The van der Waals surface area contributed by atoms with Gasteiger partial charge in [0.2, 0.25) is 10.0 Å². The highest BCUT2D eigenvalue weighted by molar-refractivity contribution is 7.89. The molecule has 0 aliphatic heterocycles. The molecule has 3 aromatic rings. The second-order valence-corrected chi connectivity index (χ2v) is 6.90. The van der Waals surface area contributed by atoms with Crippen LogP contribution in [0.1, 0.15) is 5.69 Å². The van der Waals surface area contributed by atoms with E-state index in [4.69, 9.17) is 5.14 Å². The minimum atomic E-state index is -4.79. The van der Waals surface area contributed by atoms with Gasteiger partial charge in [0.05, 0.1) is 4.90 Å². The monoisotopic (exact) mass is 385 g/mol. The molecule has 5 nitrogen and oxygen atoms in total. The van der Waals surface area contributed by atoms with E-state index in [1.807, 2.05) is 5.10 Å². The van der Waals surface area contributed by atoms with Gasteiger partial charge in [-0.2, -0.15) is 18.3 Å². The molecule has 0 aliphatic rings. The number of sulfonamides is 1. The summed E-state index contributed by atoms with van der Waals surface area (Å²) in [4.78, 5) is -0.372.